The molecule has 0 aliphatic carbocycles. The number of hydrogen-bond acceptors (Lipinski definition) is 4. The van der Waals surface area contributed by atoms with Crippen molar-refractivity contribution in [2.45, 2.75) is 19.8 Å². The Bertz CT molecular complexity index is 990. The molecule has 27 heavy (non-hydrogen) atoms. The number of nitrogens with one attached hydrogen (secondary N) is 1. The molecule has 3 rings (SSSR count). The van der Waals surface area contributed by atoms with Gasteiger partial charge in [0, 0.05) is 11.6 Å². The van der Waals surface area contributed by atoms with Crippen LogP contribution in [-0.4, -0.2) is 27.6 Å². The maximum absolute atomic E-state index is 12.3. The van der Waals surface area contributed by atoms with Crippen molar-refractivity contribution in [1.29, 1.82) is 0 Å². The molecule has 138 valence electrons. The first-order valence-electron chi connectivity index (χ1n) is 8.80. The standard InChI is InChI=1S/C20H20N4O3/c1-2-3-15-27-19(25)14-13-16-9-7-8-12-18(16)24-21-20(26)23(22-24)17-10-5-4-6-11-17/h4-14H,2-3,15H2,1H3/p+1/b14-13+. The molecule has 3 aromatic rings. The number of unbranched alkanes of at least 4 members (excludes halogenated alkanes) is 1. The molecule has 0 aliphatic rings. The summed E-state index contributed by atoms with van der Waals surface area (Å²) in [7, 11) is 0. The van der Waals surface area contributed by atoms with Gasteiger partial charge >= 0.3 is 11.7 Å². The van der Waals surface area contributed by atoms with Crippen molar-refractivity contribution in [3.05, 3.63) is 76.7 Å². The highest BCUT2D eigenvalue weighted by molar-refractivity contribution is 5.87. The van der Waals surface area contributed by atoms with E-state index in [4.69, 9.17) is 4.74 Å². The van der Waals surface area contributed by atoms with E-state index in [1.165, 1.54) is 15.6 Å². The molecular formula is C20H21N4O3+. The Morgan fingerprint density at radius 1 is 1.19 bits per heavy atom. The molecular weight excluding hydrogens is 344 g/mol. The molecule has 0 amide bonds. The van der Waals surface area contributed by atoms with Gasteiger partial charge in [-0.25, -0.2) is 9.59 Å². The van der Waals surface area contributed by atoms with E-state index in [1.54, 1.807) is 24.3 Å². The SMILES string of the molecule is CCCCOC(=O)/C=C/c1ccccc1-[n+]1nn(-c2ccccc2)c(=O)[nH]1. The molecule has 0 aliphatic heterocycles. The number of tetrazole rings is 1. The zero-order valence-electron chi connectivity index (χ0n) is 15.0. The average molecular weight is 365 g/mol. The van der Waals surface area contributed by atoms with E-state index in [9.17, 15) is 9.59 Å². The predicted octanol–water partition coefficient (Wildman–Crippen LogP) is 2.19. The minimum atomic E-state index is -0.397. The van der Waals surface area contributed by atoms with Gasteiger partial charge < -0.3 is 4.74 Å². The van der Waals surface area contributed by atoms with Crippen LogP contribution in [-0.2, 0) is 9.53 Å². The summed E-state index contributed by atoms with van der Waals surface area (Å²) in [5.74, 6) is -0.397. The summed E-state index contributed by atoms with van der Waals surface area (Å²) < 4.78 is 6.40. The third kappa shape index (κ3) is 4.58. The van der Waals surface area contributed by atoms with Crippen LogP contribution in [0.5, 0.6) is 0 Å². The summed E-state index contributed by atoms with van der Waals surface area (Å²) in [6.07, 6.45) is 4.83. The second kappa shape index (κ2) is 8.75. The number of aromatic nitrogens is 4. The van der Waals surface area contributed by atoms with Gasteiger partial charge in [-0.3, -0.25) is 0 Å². The van der Waals surface area contributed by atoms with Gasteiger partial charge in [0.15, 0.2) is 11.4 Å². The molecule has 0 radical (unpaired) electrons. The third-order valence-electron chi connectivity index (χ3n) is 3.88. The quantitative estimate of drug-likeness (QED) is 0.301. The van der Waals surface area contributed by atoms with Crippen LogP contribution >= 0.6 is 0 Å². The van der Waals surface area contributed by atoms with Crippen molar-refractivity contribution in [1.82, 2.24) is 15.0 Å². The number of rotatable bonds is 7. The monoisotopic (exact) mass is 365 g/mol. The van der Waals surface area contributed by atoms with Gasteiger partial charge in [0.1, 0.15) is 5.21 Å². The Labute approximate surface area is 156 Å². The second-order valence-corrected chi connectivity index (χ2v) is 5.88. The minimum Gasteiger partial charge on any atom is -0.463 e. The number of aromatic amines is 1. The van der Waals surface area contributed by atoms with Gasteiger partial charge in [-0.15, -0.1) is 5.10 Å². The number of H-pyrrole nitrogens is 1. The van der Waals surface area contributed by atoms with Crippen LogP contribution in [0.1, 0.15) is 25.3 Å². The Kier molecular flexibility index (Phi) is 5.94. The molecule has 0 unspecified atom stereocenters. The number of ether oxygens (including phenoxy) is 1. The number of nitrogens with zero attached hydrogens (tertiary/aromatic N) is 3. The van der Waals surface area contributed by atoms with Gasteiger partial charge in [-0.1, -0.05) is 49.7 Å². The van der Waals surface area contributed by atoms with Gasteiger partial charge in [-0.05, 0) is 40.2 Å². The zero-order valence-corrected chi connectivity index (χ0v) is 15.0. The molecule has 1 N–H and O–H groups in total. The lowest BCUT2D eigenvalue weighted by Crippen LogP contribution is -2.38. The lowest BCUT2D eigenvalue weighted by molar-refractivity contribution is -0.718. The summed E-state index contributed by atoms with van der Waals surface area (Å²) in [6, 6.07) is 16.4. The van der Waals surface area contributed by atoms with Crippen molar-refractivity contribution in [2.24, 2.45) is 0 Å². The van der Waals surface area contributed by atoms with Crippen molar-refractivity contribution >= 4 is 12.0 Å². The smallest absolute Gasteiger partial charge is 0.463 e. The Morgan fingerprint density at radius 3 is 2.70 bits per heavy atom. The fourth-order valence-electron chi connectivity index (χ4n) is 2.48. The highest BCUT2D eigenvalue weighted by Crippen LogP contribution is 2.10. The summed E-state index contributed by atoms with van der Waals surface area (Å²) >= 11 is 0. The van der Waals surface area contributed by atoms with Crippen LogP contribution in [0.2, 0.25) is 0 Å². The number of para-hydroxylation sites is 2. The molecule has 7 nitrogen and oxygen atoms in total. The van der Waals surface area contributed by atoms with Gasteiger partial charge in [0.25, 0.3) is 0 Å². The van der Waals surface area contributed by atoms with E-state index in [0.717, 1.165) is 18.4 Å². The third-order valence-corrected chi connectivity index (χ3v) is 3.88. The predicted molar refractivity (Wildman–Crippen MR) is 101 cm³/mol. The summed E-state index contributed by atoms with van der Waals surface area (Å²) in [4.78, 5) is 25.4. The second-order valence-electron chi connectivity index (χ2n) is 5.88. The lowest BCUT2D eigenvalue weighted by atomic mass is 10.1. The fourth-order valence-corrected chi connectivity index (χ4v) is 2.48. The number of carbonyl (C=O) groups excluding carboxylic acids is 1. The molecule has 0 saturated heterocycles. The number of esters is 1. The van der Waals surface area contributed by atoms with E-state index < -0.39 is 5.97 Å². The van der Waals surface area contributed by atoms with Crippen molar-refractivity contribution < 1.29 is 14.3 Å². The van der Waals surface area contributed by atoms with Crippen molar-refractivity contribution in [2.75, 3.05) is 6.61 Å². The minimum absolute atomic E-state index is 0.362. The highest BCUT2D eigenvalue weighted by atomic mass is 16.5. The Balaban J connectivity index is 1.87. The zero-order chi connectivity index (χ0) is 19.1. The van der Waals surface area contributed by atoms with Crippen LogP contribution < -0.4 is 10.5 Å². The van der Waals surface area contributed by atoms with E-state index in [0.29, 0.717) is 18.0 Å². The average Bonchev–Trinajstić information content (AvgIpc) is 3.09. The van der Waals surface area contributed by atoms with E-state index in [1.807, 2.05) is 43.3 Å². The molecule has 1 heterocycles. The first-order chi connectivity index (χ1) is 13.2. The first kappa shape index (κ1) is 18.3. The summed E-state index contributed by atoms with van der Waals surface area (Å²) in [6.45, 7) is 2.44. The highest BCUT2D eigenvalue weighted by Gasteiger charge is 2.18. The van der Waals surface area contributed by atoms with Crippen LogP contribution in [0, 0.1) is 0 Å². The maximum Gasteiger partial charge on any atom is 0.471 e. The van der Waals surface area contributed by atoms with Crippen LogP contribution in [0.4, 0.5) is 0 Å². The summed E-state index contributed by atoms with van der Waals surface area (Å²) in [5, 5.41) is 7.01. The Hall–Kier alpha value is -3.48. The first-order valence-corrected chi connectivity index (χ1v) is 8.80. The molecule has 0 saturated carbocycles. The van der Waals surface area contributed by atoms with Gasteiger partial charge in [-0.2, -0.15) is 0 Å². The number of hydrogen-bond donors (Lipinski definition) is 1. The Morgan fingerprint density at radius 2 is 1.93 bits per heavy atom. The largest absolute Gasteiger partial charge is 0.471 e. The molecule has 0 atom stereocenters. The summed E-state index contributed by atoms with van der Waals surface area (Å²) in [5.41, 5.74) is 1.66. The maximum atomic E-state index is 12.3. The van der Waals surface area contributed by atoms with Crippen LogP contribution in [0.15, 0.2) is 65.5 Å². The topological polar surface area (TPSA) is 80.9 Å². The van der Waals surface area contributed by atoms with Gasteiger partial charge in [0.2, 0.25) is 0 Å². The molecule has 0 spiro atoms. The van der Waals surface area contributed by atoms with Crippen molar-refractivity contribution in [3.8, 4) is 11.4 Å². The van der Waals surface area contributed by atoms with Crippen LogP contribution in [0.3, 0.4) is 0 Å². The molecule has 1 aromatic heterocycles. The van der Waals surface area contributed by atoms with Crippen molar-refractivity contribution in [3.63, 3.8) is 0 Å². The molecule has 7 heteroatoms. The number of carbonyl (C=O) groups is 1. The lowest BCUT2D eigenvalue weighted by Gasteiger charge is -2.00. The van der Waals surface area contributed by atoms with E-state index in [-0.39, 0.29) is 5.69 Å². The molecule has 0 bridgehead atoms. The molecule has 2 aromatic carbocycles. The number of benzene rings is 2. The molecule has 0 fully saturated rings. The van der Waals surface area contributed by atoms with E-state index in [2.05, 4.69) is 10.3 Å². The van der Waals surface area contributed by atoms with E-state index >= 15 is 0 Å². The van der Waals surface area contributed by atoms with Crippen LogP contribution in [0.25, 0.3) is 17.5 Å². The normalized spacial score (nSPS) is 11.0. The fraction of sp³-hybridized carbons (Fsp3) is 0.200. The van der Waals surface area contributed by atoms with Gasteiger partial charge in [0.05, 0.1) is 6.61 Å².